The first-order valence-corrected chi connectivity index (χ1v) is 11.1. The van der Waals surface area contributed by atoms with Crippen molar-refractivity contribution in [2.24, 2.45) is 0 Å². The molecule has 1 saturated heterocycles. The number of carbonyl (C=O) groups excluding carboxylic acids is 1. The van der Waals surface area contributed by atoms with E-state index in [1.54, 1.807) is 11.8 Å². The van der Waals surface area contributed by atoms with E-state index >= 15 is 0 Å². The largest absolute Gasteiger partial charge is 0.339 e. The normalized spacial score (nSPS) is 15.9. The highest BCUT2D eigenvalue weighted by atomic mass is 32.2. The van der Waals surface area contributed by atoms with Crippen molar-refractivity contribution < 1.29 is 9.32 Å². The van der Waals surface area contributed by atoms with E-state index in [-0.39, 0.29) is 11.2 Å². The van der Waals surface area contributed by atoms with Gasteiger partial charge in [-0.3, -0.25) is 9.69 Å². The second-order valence-corrected chi connectivity index (χ2v) is 8.92. The Labute approximate surface area is 181 Å². The third-order valence-electron chi connectivity index (χ3n) is 5.30. The van der Waals surface area contributed by atoms with Gasteiger partial charge in [-0.1, -0.05) is 47.6 Å². The third-order valence-corrected chi connectivity index (χ3v) is 6.40. The number of piperazine rings is 1. The fraction of sp³-hybridized carbons (Fsp3) is 0.348. The molecular weight excluding hydrogens is 396 g/mol. The van der Waals surface area contributed by atoms with Crippen molar-refractivity contribution in [2.75, 3.05) is 26.2 Å². The van der Waals surface area contributed by atoms with Crippen LogP contribution in [0.25, 0.3) is 11.4 Å². The molecule has 30 heavy (non-hydrogen) atoms. The van der Waals surface area contributed by atoms with Crippen LogP contribution in [0.15, 0.2) is 64.0 Å². The van der Waals surface area contributed by atoms with E-state index in [2.05, 4.69) is 15.0 Å². The zero-order chi connectivity index (χ0) is 20.9. The number of aromatic nitrogens is 2. The zero-order valence-corrected chi connectivity index (χ0v) is 18.1. The molecule has 1 unspecified atom stereocenters. The maximum Gasteiger partial charge on any atom is 0.241 e. The van der Waals surface area contributed by atoms with Crippen molar-refractivity contribution in [1.82, 2.24) is 19.9 Å². The maximum atomic E-state index is 12.8. The molecule has 2 heterocycles. The SMILES string of the molecule is Cc1ccccc1-c1noc(CN2CCN(C(=O)C(C)Sc3ccccc3)CC2)n1. The van der Waals surface area contributed by atoms with Gasteiger partial charge in [0, 0.05) is 36.6 Å². The molecule has 0 saturated carbocycles. The van der Waals surface area contributed by atoms with Crippen molar-refractivity contribution in [2.45, 2.75) is 30.5 Å². The Kier molecular flexibility index (Phi) is 6.50. The number of nitrogens with zero attached hydrogens (tertiary/aromatic N) is 4. The maximum absolute atomic E-state index is 12.8. The Balaban J connectivity index is 1.29. The second-order valence-electron chi connectivity index (χ2n) is 7.50. The average molecular weight is 423 g/mol. The number of aryl methyl sites for hydroxylation is 1. The fourth-order valence-electron chi connectivity index (χ4n) is 3.58. The van der Waals surface area contributed by atoms with E-state index in [0.717, 1.165) is 42.2 Å². The van der Waals surface area contributed by atoms with Crippen LogP contribution in [-0.2, 0) is 11.3 Å². The molecule has 0 radical (unpaired) electrons. The Morgan fingerprint density at radius 2 is 1.77 bits per heavy atom. The Bertz CT molecular complexity index is 984. The van der Waals surface area contributed by atoms with Crippen molar-refractivity contribution in [3.63, 3.8) is 0 Å². The number of hydrogen-bond donors (Lipinski definition) is 0. The van der Waals surface area contributed by atoms with Crippen molar-refractivity contribution >= 4 is 17.7 Å². The highest BCUT2D eigenvalue weighted by Gasteiger charge is 2.26. The Morgan fingerprint density at radius 3 is 2.50 bits per heavy atom. The lowest BCUT2D eigenvalue weighted by Gasteiger charge is -2.35. The minimum absolute atomic E-state index is 0.0911. The van der Waals surface area contributed by atoms with E-state index in [1.165, 1.54) is 0 Å². The average Bonchev–Trinajstić information content (AvgIpc) is 3.23. The topological polar surface area (TPSA) is 62.5 Å². The standard InChI is InChI=1S/C23H26N4O2S/c1-17-8-6-7-11-20(17)22-24-21(29-25-22)16-26-12-14-27(15-13-26)23(28)18(2)30-19-9-4-3-5-10-19/h3-11,18H,12-16H2,1-2H3. The lowest BCUT2D eigenvalue weighted by molar-refractivity contribution is -0.132. The van der Waals surface area contributed by atoms with Gasteiger partial charge in [0.15, 0.2) is 0 Å². The van der Waals surface area contributed by atoms with Gasteiger partial charge in [0.05, 0.1) is 11.8 Å². The van der Waals surface area contributed by atoms with Crippen molar-refractivity contribution in [3.05, 3.63) is 66.1 Å². The summed E-state index contributed by atoms with van der Waals surface area (Å²) in [5.74, 6) is 1.44. The number of benzene rings is 2. The molecule has 1 fully saturated rings. The molecule has 156 valence electrons. The highest BCUT2D eigenvalue weighted by molar-refractivity contribution is 8.00. The van der Waals surface area contributed by atoms with Crippen LogP contribution in [0.5, 0.6) is 0 Å². The number of thioether (sulfide) groups is 1. The van der Waals surface area contributed by atoms with Gasteiger partial charge in [-0.15, -0.1) is 11.8 Å². The Morgan fingerprint density at radius 1 is 1.07 bits per heavy atom. The first-order valence-electron chi connectivity index (χ1n) is 10.2. The molecule has 0 aliphatic carbocycles. The monoisotopic (exact) mass is 422 g/mol. The number of rotatable bonds is 6. The zero-order valence-electron chi connectivity index (χ0n) is 17.3. The van der Waals surface area contributed by atoms with Crippen LogP contribution < -0.4 is 0 Å². The summed E-state index contributed by atoms with van der Waals surface area (Å²) < 4.78 is 5.47. The minimum Gasteiger partial charge on any atom is -0.339 e. The van der Waals surface area contributed by atoms with Crippen LogP contribution in [0.1, 0.15) is 18.4 Å². The van der Waals surface area contributed by atoms with E-state index in [9.17, 15) is 4.79 Å². The van der Waals surface area contributed by atoms with Crippen molar-refractivity contribution in [3.8, 4) is 11.4 Å². The fourth-order valence-corrected chi connectivity index (χ4v) is 4.55. The lowest BCUT2D eigenvalue weighted by Crippen LogP contribution is -2.50. The van der Waals surface area contributed by atoms with Crippen LogP contribution in [-0.4, -0.2) is 57.3 Å². The van der Waals surface area contributed by atoms with Crippen LogP contribution >= 0.6 is 11.8 Å². The van der Waals surface area contributed by atoms with Gasteiger partial charge in [0.1, 0.15) is 0 Å². The molecule has 0 spiro atoms. The van der Waals surface area contributed by atoms with E-state index < -0.39 is 0 Å². The van der Waals surface area contributed by atoms with Crippen LogP contribution in [0.2, 0.25) is 0 Å². The third kappa shape index (κ3) is 4.91. The molecule has 1 aliphatic heterocycles. The van der Waals surface area contributed by atoms with E-state index in [4.69, 9.17) is 4.52 Å². The van der Waals surface area contributed by atoms with Gasteiger partial charge in [-0.2, -0.15) is 4.98 Å². The summed E-state index contributed by atoms with van der Waals surface area (Å²) in [7, 11) is 0. The van der Waals surface area contributed by atoms with E-state index in [1.807, 2.05) is 73.3 Å². The number of amides is 1. The summed E-state index contributed by atoms with van der Waals surface area (Å²) in [5, 5.41) is 4.05. The first kappa shape index (κ1) is 20.6. The molecular formula is C23H26N4O2S. The summed E-state index contributed by atoms with van der Waals surface area (Å²) in [6, 6.07) is 18.1. The highest BCUT2D eigenvalue weighted by Crippen LogP contribution is 2.25. The number of carbonyl (C=O) groups is 1. The van der Waals surface area contributed by atoms with Gasteiger partial charge in [-0.25, -0.2) is 0 Å². The molecule has 1 aromatic heterocycles. The predicted molar refractivity (Wildman–Crippen MR) is 118 cm³/mol. The van der Waals surface area contributed by atoms with Gasteiger partial charge in [0.25, 0.3) is 0 Å². The molecule has 7 heteroatoms. The molecule has 3 aromatic rings. The van der Waals surface area contributed by atoms with Gasteiger partial charge in [-0.05, 0) is 31.5 Å². The minimum atomic E-state index is -0.0911. The van der Waals surface area contributed by atoms with Gasteiger partial charge < -0.3 is 9.42 Å². The molecule has 2 aromatic carbocycles. The molecule has 1 atom stereocenters. The first-order chi connectivity index (χ1) is 14.6. The smallest absolute Gasteiger partial charge is 0.241 e. The van der Waals surface area contributed by atoms with Gasteiger partial charge >= 0.3 is 0 Å². The van der Waals surface area contributed by atoms with Crippen LogP contribution in [0.4, 0.5) is 0 Å². The molecule has 4 rings (SSSR count). The summed E-state index contributed by atoms with van der Waals surface area (Å²) in [4.78, 5) is 22.7. The van der Waals surface area contributed by atoms with Crippen LogP contribution in [0, 0.1) is 6.92 Å². The summed E-state index contributed by atoms with van der Waals surface area (Å²) in [5.41, 5.74) is 2.12. The summed E-state index contributed by atoms with van der Waals surface area (Å²) in [6.07, 6.45) is 0. The number of hydrogen-bond acceptors (Lipinski definition) is 6. The van der Waals surface area contributed by atoms with E-state index in [0.29, 0.717) is 18.3 Å². The predicted octanol–water partition coefficient (Wildman–Crippen LogP) is 3.87. The molecule has 6 nitrogen and oxygen atoms in total. The molecule has 0 N–H and O–H groups in total. The lowest BCUT2D eigenvalue weighted by atomic mass is 10.1. The van der Waals surface area contributed by atoms with Crippen LogP contribution in [0.3, 0.4) is 0 Å². The molecule has 1 aliphatic rings. The quantitative estimate of drug-likeness (QED) is 0.562. The van der Waals surface area contributed by atoms with Gasteiger partial charge in [0.2, 0.25) is 17.6 Å². The second kappa shape index (κ2) is 9.45. The van der Waals surface area contributed by atoms with Crippen molar-refractivity contribution in [1.29, 1.82) is 0 Å². The molecule has 1 amide bonds. The Hall–Kier alpha value is -2.64. The molecule has 0 bridgehead atoms. The summed E-state index contributed by atoms with van der Waals surface area (Å²) >= 11 is 1.61. The summed E-state index contributed by atoms with van der Waals surface area (Å²) in [6.45, 7) is 7.67.